The third kappa shape index (κ3) is 3.21. The maximum atomic E-state index is 3.56. The fourth-order valence-corrected chi connectivity index (χ4v) is 3.16. The monoisotopic (exact) mass is 224 g/mol. The Morgan fingerprint density at radius 1 is 1.25 bits per heavy atom. The molecular weight excluding hydrogens is 196 g/mol. The fraction of sp³-hybridized carbons (Fsp3) is 1.00. The van der Waals surface area contributed by atoms with Gasteiger partial charge in [0.15, 0.2) is 0 Å². The predicted molar refractivity (Wildman–Crippen MR) is 69.6 cm³/mol. The largest absolute Gasteiger partial charge is 0.314 e. The van der Waals surface area contributed by atoms with Crippen molar-refractivity contribution in [2.75, 3.05) is 26.2 Å². The van der Waals surface area contributed by atoms with E-state index in [4.69, 9.17) is 0 Å². The van der Waals surface area contributed by atoms with Crippen molar-refractivity contribution in [3.05, 3.63) is 0 Å². The fourth-order valence-electron chi connectivity index (χ4n) is 3.16. The number of hydrogen-bond acceptors (Lipinski definition) is 2. The molecule has 0 aromatic heterocycles. The van der Waals surface area contributed by atoms with Crippen molar-refractivity contribution in [3.63, 3.8) is 0 Å². The summed E-state index contributed by atoms with van der Waals surface area (Å²) < 4.78 is 0. The first kappa shape index (κ1) is 12.4. The summed E-state index contributed by atoms with van der Waals surface area (Å²) in [7, 11) is 0. The molecule has 2 heteroatoms. The Kier molecular flexibility index (Phi) is 3.91. The Labute approximate surface area is 101 Å². The summed E-state index contributed by atoms with van der Waals surface area (Å²) in [5, 5.41) is 3.56. The van der Waals surface area contributed by atoms with Gasteiger partial charge < -0.3 is 10.2 Å². The van der Waals surface area contributed by atoms with E-state index in [-0.39, 0.29) is 0 Å². The van der Waals surface area contributed by atoms with Crippen LogP contribution in [0, 0.1) is 11.3 Å². The van der Waals surface area contributed by atoms with Gasteiger partial charge in [0.2, 0.25) is 0 Å². The summed E-state index contributed by atoms with van der Waals surface area (Å²) >= 11 is 0. The first-order chi connectivity index (χ1) is 7.57. The van der Waals surface area contributed by atoms with E-state index in [0.717, 1.165) is 12.0 Å². The lowest BCUT2D eigenvalue weighted by Crippen LogP contribution is -2.35. The summed E-state index contributed by atoms with van der Waals surface area (Å²) in [6.07, 6.45) is 5.55. The number of rotatable bonds is 2. The Bertz CT molecular complexity index is 225. The molecule has 2 nitrogen and oxygen atoms in total. The van der Waals surface area contributed by atoms with Crippen LogP contribution in [-0.2, 0) is 0 Å². The third-order valence-corrected chi connectivity index (χ3v) is 4.61. The number of hydrogen-bond donors (Lipinski definition) is 1. The average molecular weight is 224 g/mol. The Balaban J connectivity index is 1.81. The highest BCUT2D eigenvalue weighted by Crippen LogP contribution is 2.30. The lowest BCUT2D eigenvalue weighted by Gasteiger charge is -2.26. The molecule has 0 radical (unpaired) electrons. The van der Waals surface area contributed by atoms with Gasteiger partial charge in [-0.25, -0.2) is 0 Å². The van der Waals surface area contributed by atoms with Crippen LogP contribution in [-0.4, -0.2) is 37.1 Å². The molecule has 0 aliphatic carbocycles. The zero-order chi connectivity index (χ0) is 11.6. The maximum absolute atomic E-state index is 3.56. The molecule has 1 N–H and O–H groups in total. The maximum Gasteiger partial charge on any atom is 0.00796 e. The summed E-state index contributed by atoms with van der Waals surface area (Å²) in [5.74, 6) is 0.890. The standard InChI is InChI=1S/C14H28N2/c1-12-13(5-8-15-12)11-16-9-4-6-14(2,3)7-10-16/h12-13,15H,4-11H2,1-3H3. The van der Waals surface area contributed by atoms with E-state index >= 15 is 0 Å². The first-order valence-electron chi connectivity index (χ1n) is 7.03. The smallest absolute Gasteiger partial charge is 0.00796 e. The molecule has 2 heterocycles. The molecule has 0 aromatic rings. The minimum atomic E-state index is 0.578. The number of nitrogens with one attached hydrogen (secondary N) is 1. The van der Waals surface area contributed by atoms with Gasteiger partial charge in [-0.2, -0.15) is 0 Å². The molecule has 16 heavy (non-hydrogen) atoms. The molecule has 0 amide bonds. The average Bonchev–Trinajstić information content (AvgIpc) is 2.52. The van der Waals surface area contributed by atoms with Gasteiger partial charge in [0, 0.05) is 12.6 Å². The van der Waals surface area contributed by atoms with Crippen LogP contribution < -0.4 is 5.32 Å². The van der Waals surface area contributed by atoms with Gasteiger partial charge in [-0.05, 0) is 63.6 Å². The molecule has 2 atom stereocenters. The first-order valence-corrected chi connectivity index (χ1v) is 7.03. The Morgan fingerprint density at radius 2 is 2.06 bits per heavy atom. The molecule has 94 valence electrons. The van der Waals surface area contributed by atoms with Crippen LogP contribution in [0.5, 0.6) is 0 Å². The zero-order valence-corrected chi connectivity index (χ0v) is 11.3. The summed E-state index contributed by atoms with van der Waals surface area (Å²) in [6.45, 7) is 12.4. The van der Waals surface area contributed by atoms with Crippen molar-refractivity contribution in [3.8, 4) is 0 Å². The van der Waals surface area contributed by atoms with E-state index in [1.807, 2.05) is 0 Å². The minimum Gasteiger partial charge on any atom is -0.314 e. The summed E-state index contributed by atoms with van der Waals surface area (Å²) in [5.41, 5.74) is 0.578. The molecule has 2 saturated heterocycles. The Hall–Kier alpha value is -0.0800. The molecule has 2 aliphatic rings. The van der Waals surface area contributed by atoms with Gasteiger partial charge in [0.25, 0.3) is 0 Å². The van der Waals surface area contributed by atoms with Crippen LogP contribution in [0.15, 0.2) is 0 Å². The minimum absolute atomic E-state index is 0.578. The highest BCUT2D eigenvalue weighted by atomic mass is 15.1. The van der Waals surface area contributed by atoms with Crippen LogP contribution in [0.3, 0.4) is 0 Å². The van der Waals surface area contributed by atoms with Gasteiger partial charge in [-0.15, -0.1) is 0 Å². The normalized spacial score (nSPS) is 36.2. The second kappa shape index (κ2) is 5.05. The van der Waals surface area contributed by atoms with Crippen LogP contribution in [0.4, 0.5) is 0 Å². The molecule has 2 rings (SSSR count). The molecule has 0 aromatic carbocycles. The second-order valence-electron chi connectivity index (χ2n) is 6.61. The van der Waals surface area contributed by atoms with Crippen molar-refractivity contribution >= 4 is 0 Å². The van der Waals surface area contributed by atoms with Gasteiger partial charge >= 0.3 is 0 Å². The Morgan fingerprint density at radius 3 is 2.75 bits per heavy atom. The van der Waals surface area contributed by atoms with Gasteiger partial charge in [-0.3, -0.25) is 0 Å². The summed E-state index contributed by atoms with van der Waals surface area (Å²) in [6, 6.07) is 0.733. The zero-order valence-electron chi connectivity index (χ0n) is 11.3. The van der Waals surface area contributed by atoms with E-state index in [1.165, 1.54) is 51.9 Å². The highest BCUT2D eigenvalue weighted by Gasteiger charge is 2.28. The van der Waals surface area contributed by atoms with Crippen molar-refractivity contribution < 1.29 is 0 Å². The topological polar surface area (TPSA) is 15.3 Å². The molecule has 0 bridgehead atoms. The van der Waals surface area contributed by atoms with Crippen molar-refractivity contribution in [1.29, 1.82) is 0 Å². The molecular formula is C14H28N2. The van der Waals surface area contributed by atoms with Gasteiger partial charge in [0.1, 0.15) is 0 Å². The quantitative estimate of drug-likeness (QED) is 0.775. The SMILES string of the molecule is CC1NCCC1CN1CCCC(C)(C)CC1. The van der Waals surface area contributed by atoms with E-state index in [0.29, 0.717) is 5.41 Å². The van der Waals surface area contributed by atoms with E-state index in [2.05, 4.69) is 31.0 Å². The number of likely N-dealkylation sites (tertiary alicyclic amines) is 1. The molecule has 2 fully saturated rings. The number of nitrogens with zero attached hydrogens (tertiary/aromatic N) is 1. The molecule has 2 aliphatic heterocycles. The molecule has 0 spiro atoms. The lowest BCUT2D eigenvalue weighted by molar-refractivity contribution is 0.220. The van der Waals surface area contributed by atoms with Crippen LogP contribution in [0.2, 0.25) is 0 Å². The van der Waals surface area contributed by atoms with Crippen molar-refractivity contribution in [2.24, 2.45) is 11.3 Å². The second-order valence-corrected chi connectivity index (χ2v) is 6.61. The van der Waals surface area contributed by atoms with Crippen molar-refractivity contribution in [1.82, 2.24) is 10.2 Å². The van der Waals surface area contributed by atoms with E-state index < -0.39 is 0 Å². The summed E-state index contributed by atoms with van der Waals surface area (Å²) in [4.78, 5) is 2.71. The molecule has 2 unspecified atom stereocenters. The van der Waals surface area contributed by atoms with Crippen LogP contribution in [0.1, 0.15) is 46.5 Å². The predicted octanol–water partition coefficient (Wildman–Crippen LogP) is 2.50. The van der Waals surface area contributed by atoms with E-state index in [1.54, 1.807) is 0 Å². The third-order valence-electron chi connectivity index (χ3n) is 4.61. The van der Waals surface area contributed by atoms with Crippen LogP contribution >= 0.6 is 0 Å². The van der Waals surface area contributed by atoms with Crippen molar-refractivity contribution in [2.45, 2.75) is 52.5 Å². The lowest BCUT2D eigenvalue weighted by atomic mass is 9.85. The van der Waals surface area contributed by atoms with E-state index in [9.17, 15) is 0 Å². The van der Waals surface area contributed by atoms with Crippen LogP contribution in [0.25, 0.3) is 0 Å². The van der Waals surface area contributed by atoms with Gasteiger partial charge in [0.05, 0.1) is 0 Å². The van der Waals surface area contributed by atoms with Gasteiger partial charge in [-0.1, -0.05) is 13.8 Å². The highest BCUT2D eigenvalue weighted by molar-refractivity contribution is 4.84. The molecule has 0 saturated carbocycles.